The van der Waals surface area contributed by atoms with E-state index in [2.05, 4.69) is 49.5 Å². The third-order valence-electron chi connectivity index (χ3n) is 4.09. The number of benzene rings is 1. The van der Waals surface area contributed by atoms with E-state index in [9.17, 15) is 0 Å². The predicted octanol–water partition coefficient (Wildman–Crippen LogP) is 4.79. The molecule has 0 fully saturated rings. The van der Waals surface area contributed by atoms with E-state index in [4.69, 9.17) is 0 Å². The fraction of sp³-hybridized carbons (Fsp3) is 0.556. The van der Waals surface area contributed by atoms with E-state index in [0.29, 0.717) is 6.04 Å². The molecule has 0 saturated carbocycles. The van der Waals surface area contributed by atoms with Crippen molar-refractivity contribution in [2.24, 2.45) is 0 Å². The lowest BCUT2D eigenvalue weighted by molar-refractivity contribution is 0.527. The molecule has 1 N–H and O–H groups in total. The highest BCUT2D eigenvalue weighted by Crippen LogP contribution is 2.27. The number of allylic oxidation sites excluding steroid dienone is 1. The fourth-order valence-corrected chi connectivity index (χ4v) is 2.89. The van der Waals surface area contributed by atoms with Crippen LogP contribution in [0.5, 0.6) is 0 Å². The van der Waals surface area contributed by atoms with Gasteiger partial charge >= 0.3 is 0 Å². The summed E-state index contributed by atoms with van der Waals surface area (Å²) < 4.78 is 0. The SMILES string of the molecule is CCNC(CC1=CCCCC1)c1ccc(CC)cc1. The standard InChI is InChI=1S/C18H27N/c1-3-15-10-12-17(13-11-15)18(19-4-2)14-16-8-6-5-7-9-16/h8,10-13,18-19H,3-7,9,14H2,1-2H3. The van der Waals surface area contributed by atoms with Gasteiger partial charge in [0.15, 0.2) is 0 Å². The molecule has 0 amide bonds. The first-order valence-electron chi connectivity index (χ1n) is 7.83. The van der Waals surface area contributed by atoms with Crippen molar-refractivity contribution in [3.05, 3.63) is 47.0 Å². The molecular weight excluding hydrogens is 230 g/mol. The maximum atomic E-state index is 3.64. The highest BCUT2D eigenvalue weighted by molar-refractivity contribution is 5.26. The summed E-state index contributed by atoms with van der Waals surface area (Å²) in [5, 5.41) is 3.64. The Labute approximate surface area is 118 Å². The minimum atomic E-state index is 0.486. The van der Waals surface area contributed by atoms with Gasteiger partial charge in [0.2, 0.25) is 0 Å². The number of rotatable bonds is 6. The molecule has 0 radical (unpaired) electrons. The Morgan fingerprint density at radius 1 is 1.11 bits per heavy atom. The third kappa shape index (κ3) is 4.21. The first-order valence-corrected chi connectivity index (χ1v) is 7.83. The van der Waals surface area contributed by atoms with Crippen molar-refractivity contribution in [3.8, 4) is 0 Å². The molecule has 1 aliphatic carbocycles. The number of hydrogen-bond acceptors (Lipinski definition) is 1. The third-order valence-corrected chi connectivity index (χ3v) is 4.09. The van der Waals surface area contributed by atoms with Gasteiger partial charge in [-0.3, -0.25) is 0 Å². The van der Waals surface area contributed by atoms with Crippen LogP contribution in [0.4, 0.5) is 0 Å². The maximum Gasteiger partial charge on any atom is 0.0357 e. The lowest BCUT2D eigenvalue weighted by atomic mass is 9.91. The van der Waals surface area contributed by atoms with Crippen molar-refractivity contribution in [1.82, 2.24) is 5.32 Å². The van der Waals surface area contributed by atoms with E-state index in [-0.39, 0.29) is 0 Å². The summed E-state index contributed by atoms with van der Waals surface area (Å²) in [6.07, 6.45) is 10.1. The van der Waals surface area contributed by atoms with Gasteiger partial charge in [-0.2, -0.15) is 0 Å². The van der Waals surface area contributed by atoms with Crippen molar-refractivity contribution in [2.75, 3.05) is 6.54 Å². The molecule has 0 bridgehead atoms. The first kappa shape index (κ1) is 14.3. The van der Waals surface area contributed by atoms with Crippen molar-refractivity contribution >= 4 is 0 Å². The summed E-state index contributed by atoms with van der Waals surface area (Å²) in [5.41, 5.74) is 4.51. The van der Waals surface area contributed by atoms with Crippen LogP contribution in [0.2, 0.25) is 0 Å². The summed E-state index contributed by atoms with van der Waals surface area (Å²) in [6.45, 7) is 5.44. The Kier molecular flexibility index (Phi) is 5.65. The Morgan fingerprint density at radius 3 is 2.47 bits per heavy atom. The van der Waals surface area contributed by atoms with Crippen LogP contribution >= 0.6 is 0 Å². The van der Waals surface area contributed by atoms with E-state index in [0.717, 1.165) is 13.0 Å². The smallest absolute Gasteiger partial charge is 0.0357 e. The van der Waals surface area contributed by atoms with Crippen molar-refractivity contribution in [1.29, 1.82) is 0 Å². The predicted molar refractivity (Wildman–Crippen MR) is 83.4 cm³/mol. The van der Waals surface area contributed by atoms with E-state index in [1.165, 1.54) is 43.2 Å². The van der Waals surface area contributed by atoms with E-state index < -0.39 is 0 Å². The van der Waals surface area contributed by atoms with Crippen LogP contribution in [-0.4, -0.2) is 6.54 Å². The number of hydrogen-bond donors (Lipinski definition) is 1. The summed E-state index contributed by atoms with van der Waals surface area (Å²) in [6, 6.07) is 9.63. The molecule has 1 unspecified atom stereocenters. The van der Waals surface area contributed by atoms with Gasteiger partial charge in [-0.15, -0.1) is 0 Å². The Bertz CT molecular complexity index is 402. The molecule has 104 valence electrons. The molecule has 1 aromatic rings. The first-order chi connectivity index (χ1) is 9.33. The van der Waals surface area contributed by atoms with Crippen LogP contribution in [0.25, 0.3) is 0 Å². The van der Waals surface area contributed by atoms with Crippen molar-refractivity contribution in [3.63, 3.8) is 0 Å². The van der Waals surface area contributed by atoms with Gasteiger partial charge in [0.25, 0.3) is 0 Å². The molecule has 0 aliphatic heterocycles. The van der Waals surface area contributed by atoms with Crippen molar-refractivity contribution < 1.29 is 0 Å². The van der Waals surface area contributed by atoms with Crippen LogP contribution in [0.15, 0.2) is 35.9 Å². The minimum Gasteiger partial charge on any atom is -0.310 e. The average Bonchev–Trinajstić information content (AvgIpc) is 2.48. The molecule has 0 saturated heterocycles. The van der Waals surface area contributed by atoms with E-state index in [1.54, 1.807) is 5.57 Å². The molecule has 1 nitrogen and oxygen atoms in total. The van der Waals surface area contributed by atoms with Gasteiger partial charge in [-0.25, -0.2) is 0 Å². The molecule has 1 atom stereocenters. The van der Waals surface area contributed by atoms with Gasteiger partial charge in [-0.1, -0.05) is 49.8 Å². The Hall–Kier alpha value is -1.08. The highest BCUT2D eigenvalue weighted by Gasteiger charge is 2.13. The van der Waals surface area contributed by atoms with Crippen LogP contribution in [-0.2, 0) is 6.42 Å². The van der Waals surface area contributed by atoms with Crippen LogP contribution in [0.3, 0.4) is 0 Å². The number of aryl methyl sites for hydroxylation is 1. The Balaban J connectivity index is 2.07. The fourth-order valence-electron chi connectivity index (χ4n) is 2.89. The molecule has 1 aromatic carbocycles. The van der Waals surface area contributed by atoms with Crippen LogP contribution < -0.4 is 5.32 Å². The number of nitrogens with one attached hydrogen (secondary N) is 1. The van der Waals surface area contributed by atoms with Gasteiger partial charge in [0.1, 0.15) is 0 Å². The molecule has 2 rings (SSSR count). The molecular formula is C18H27N. The average molecular weight is 257 g/mol. The zero-order chi connectivity index (χ0) is 13.5. The molecule has 0 aromatic heterocycles. The van der Waals surface area contributed by atoms with Gasteiger partial charge < -0.3 is 5.32 Å². The topological polar surface area (TPSA) is 12.0 Å². The van der Waals surface area contributed by atoms with E-state index >= 15 is 0 Å². The van der Waals surface area contributed by atoms with Crippen LogP contribution in [0.1, 0.15) is 63.1 Å². The van der Waals surface area contributed by atoms with Gasteiger partial charge in [0, 0.05) is 6.04 Å². The monoisotopic (exact) mass is 257 g/mol. The second-order valence-corrected chi connectivity index (χ2v) is 5.52. The second kappa shape index (κ2) is 7.49. The quantitative estimate of drug-likeness (QED) is 0.722. The van der Waals surface area contributed by atoms with E-state index in [1.807, 2.05) is 0 Å². The zero-order valence-corrected chi connectivity index (χ0v) is 12.4. The summed E-state index contributed by atoms with van der Waals surface area (Å²) in [7, 11) is 0. The second-order valence-electron chi connectivity index (χ2n) is 5.52. The molecule has 0 spiro atoms. The zero-order valence-electron chi connectivity index (χ0n) is 12.4. The summed E-state index contributed by atoms with van der Waals surface area (Å²) in [4.78, 5) is 0. The molecule has 1 heteroatoms. The summed E-state index contributed by atoms with van der Waals surface area (Å²) >= 11 is 0. The van der Waals surface area contributed by atoms with Gasteiger partial charge in [0.05, 0.1) is 0 Å². The lowest BCUT2D eigenvalue weighted by Crippen LogP contribution is -2.21. The molecule has 1 aliphatic rings. The molecule has 19 heavy (non-hydrogen) atoms. The normalized spacial score (nSPS) is 17.1. The lowest BCUT2D eigenvalue weighted by Gasteiger charge is -2.22. The minimum absolute atomic E-state index is 0.486. The molecule has 0 heterocycles. The van der Waals surface area contributed by atoms with Crippen LogP contribution in [0, 0.1) is 0 Å². The van der Waals surface area contributed by atoms with Gasteiger partial charge in [-0.05, 0) is 56.2 Å². The maximum absolute atomic E-state index is 3.64. The summed E-state index contributed by atoms with van der Waals surface area (Å²) in [5.74, 6) is 0. The largest absolute Gasteiger partial charge is 0.310 e. The highest BCUT2D eigenvalue weighted by atomic mass is 14.9. The Morgan fingerprint density at radius 2 is 1.89 bits per heavy atom. The van der Waals surface area contributed by atoms with Crippen molar-refractivity contribution in [2.45, 2.75) is 58.4 Å².